The van der Waals surface area contributed by atoms with Gasteiger partial charge in [-0.3, -0.25) is 9.55 Å². The second-order valence-corrected chi connectivity index (χ2v) is 5.27. The quantitative estimate of drug-likeness (QED) is 0.761. The van der Waals surface area contributed by atoms with E-state index in [4.69, 9.17) is 0 Å². The monoisotopic (exact) mass is 313 g/mol. The average molecular weight is 313 g/mol. The number of aromatic amines is 1. The number of imidazole rings is 1. The Bertz CT molecular complexity index is 836. The van der Waals surface area contributed by atoms with Gasteiger partial charge in [-0.05, 0) is 48.7 Å². The summed E-state index contributed by atoms with van der Waals surface area (Å²) < 4.78 is 14.2. The number of hydrogen-bond donors (Lipinski definition) is 2. The van der Waals surface area contributed by atoms with Gasteiger partial charge in [0.1, 0.15) is 5.82 Å². The predicted molar refractivity (Wildman–Crippen MR) is 84.7 cm³/mol. The van der Waals surface area contributed by atoms with Crippen molar-refractivity contribution in [3.05, 3.63) is 70.7 Å². The highest BCUT2D eigenvalue weighted by Crippen LogP contribution is 2.18. The molecule has 0 spiro atoms. The number of aromatic hydroxyl groups is 1. The van der Waals surface area contributed by atoms with E-state index in [-0.39, 0.29) is 17.4 Å². The number of rotatable bonds is 5. The van der Waals surface area contributed by atoms with Crippen LogP contribution < -0.4 is 5.69 Å². The van der Waals surface area contributed by atoms with Crippen LogP contribution in [0, 0.1) is 5.82 Å². The zero-order chi connectivity index (χ0) is 16.2. The maximum absolute atomic E-state index is 12.9. The molecule has 118 valence electrons. The third-order valence-corrected chi connectivity index (χ3v) is 3.66. The normalized spacial score (nSPS) is 10.8. The summed E-state index contributed by atoms with van der Waals surface area (Å²) in [5.74, 6) is -0.326. The van der Waals surface area contributed by atoms with Gasteiger partial charge in [-0.15, -0.1) is 0 Å². The van der Waals surface area contributed by atoms with Gasteiger partial charge in [-0.1, -0.05) is 6.07 Å². The SMILES string of the molecule is O=c1[nH]cc(O)n1CCCc1ccc(-c2ccc(F)cc2)nc1. The topological polar surface area (TPSA) is 70.9 Å². The van der Waals surface area contributed by atoms with Crippen LogP contribution in [0.4, 0.5) is 4.39 Å². The van der Waals surface area contributed by atoms with Crippen LogP contribution >= 0.6 is 0 Å². The van der Waals surface area contributed by atoms with Crippen LogP contribution in [-0.2, 0) is 13.0 Å². The van der Waals surface area contributed by atoms with Gasteiger partial charge in [0.25, 0.3) is 0 Å². The largest absolute Gasteiger partial charge is 0.493 e. The molecular formula is C17H16FN3O2. The summed E-state index contributed by atoms with van der Waals surface area (Å²) in [6.45, 7) is 0.438. The van der Waals surface area contributed by atoms with Crippen LogP contribution in [0.1, 0.15) is 12.0 Å². The molecule has 0 unspecified atom stereocenters. The number of nitrogens with one attached hydrogen (secondary N) is 1. The van der Waals surface area contributed by atoms with Crippen LogP contribution in [0.3, 0.4) is 0 Å². The molecule has 3 aromatic rings. The van der Waals surface area contributed by atoms with Gasteiger partial charge in [-0.2, -0.15) is 0 Å². The Morgan fingerprint density at radius 2 is 1.96 bits per heavy atom. The van der Waals surface area contributed by atoms with Crippen molar-refractivity contribution >= 4 is 0 Å². The summed E-state index contributed by atoms with van der Waals surface area (Å²) in [5, 5.41) is 9.50. The zero-order valence-electron chi connectivity index (χ0n) is 12.4. The number of halogens is 1. The van der Waals surface area contributed by atoms with Gasteiger partial charge in [0.2, 0.25) is 5.88 Å². The Balaban J connectivity index is 1.61. The van der Waals surface area contributed by atoms with Gasteiger partial charge >= 0.3 is 5.69 Å². The number of nitrogens with zero attached hydrogens (tertiary/aromatic N) is 2. The lowest BCUT2D eigenvalue weighted by Gasteiger charge is -2.05. The van der Waals surface area contributed by atoms with E-state index in [0.717, 1.165) is 23.2 Å². The van der Waals surface area contributed by atoms with E-state index >= 15 is 0 Å². The van der Waals surface area contributed by atoms with Gasteiger partial charge in [0.05, 0.1) is 11.9 Å². The first kappa shape index (κ1) is 15.0. The highest BCUT2D eigenvalue weighted by Gasteiger charge is 2.04. The second-order valence-electron chi connectivity index (χ2n) is 5.27. The number of aromatic nitrogens is 3. The van der Waals surface area contributed by atoms with Gasteiger partial charge in [0, 0.05) is 18.3 Å². The minimum absolute atomic E-state index is 0.0558. The molecule has 0 aliphatic heterocycles. The molecular weight excluding hydrogens is 297 g/mol. The third kappa shape index (κ3) is 3.48. The van der Waals surface area contributed by atoms with Crippen LogP contribution in [0.5, 0.6) is 5.88 Å². The summed E-state index contributed by atoms with van der Waals surface area (Å²) in [5.41, 5.74) is 2.38. The molecule has 5 nitrogen and oxygen atoms in total. The summed E-state index contributed by atoms with van der Waals surface area (Å²) in [4.78, 5) is 18.2. The minimum Gasteiger partial charge on any atom is -0.493 e. The Hall–Kier alpha value is -2.89. The summed E-state index contributed by atoms with van der Waals surface area (Å²) >= 11 is 0. The van der Waals surface area contributed by atoms with Crippen LogP contribution in [0.15, 0.2) is 53.6 Å². The second kappa shape index (κ2) is 6.48. The number of H-pyrrole nitrogens is 1. The van der Waals surface area contributed by atoms with Crippen molar-refractivity contribution in [1.82, 2.24) is 14.5 Å². The molecule has 0 aliphatic carbocycles. The molecule has 23 heavy (non-hydrogen) atoms. The summed E-state index contributed by atoms with van der Waals surface area (Å²) in [6.07, 6.45) is 4.51. The molecule has 1 aromatic carbocycles. The molecule has 2 aromatic heterocycles. The minimum atomic E-state index is -0.313. The Labute approximate surface area is 132 Å². The molecule has 0 saturated carbocycles. The number of hydrogen-bond acceptors (Lipinski definition) is 3. The molecule has 0 bridgehead atoms. The van der Waals surface area contributed by atoms with Crippen molar-refractivity contribution in [2.45, 2.75) is 19.4 Å². The fourth-order valence-electron chi connectivity index (χ4n) is 2.41. The molecule has 0 fully saturated rings. The first-order valence-electron chi connectivity index (χ1n) is 7.31. The van der Waals surface area contributed by atoms with E-state index in [1.807, 2.05) is 12.1 Å². The van der Waals surface area contributed by atoms with E-state index in [1.54, 1.807) is 18.3 Å². The molecule has 2 heterocycles. The Morgan fingerprint density at radius 1 is 1.17 bits per heavy atom. The van der Waals surface area contributed by atoms with Crippen molar-refractivity contribution in [1.29, 1.82) is 0 Å². The summed E-state index contributed by atoms with van der Waals surface area (Å²) in [6, 6.07) is 10.1. The molecule has 0 aliphatic rings. The van der Waals surface area contributed by atoms with Crippen molar-refractivity contribution in [3.63, 3.8) is 0 Å². The Kier molecular flexibility index (Phi) is 4.23. The maximum atomic E-state index is 12.9. The van der Waals surface area contributed by atoms with Crippen molar-refractivity contribution in [2.24, 2.45) is 0 Å². The van der Waals surface area contributed by atoms with Gasteiger partial charge < -0.3 is 10.1 Å². The molecule has 6 heteroatoms. The van der Waals surface area contributed by atoms with Gasteiger partial charge in [0.15, 0.2) is 0 Å². The smallest absolute Gasteiger partial charge is 0.328 e. The fraction of sp³-hybridized carbons (Fsp3) is 0.176. The Morgan fingerprint density at radius 3 is 2.57 bits per heavy atom. The lowest BCUT2D eigenvalue weighted by atomic mass is 10.1. The first-order chi connectivity index (χ1) is 11.1. The molecule has 0 saturated heterocycles. The van der Waals surface area contributed by atoms with Crippen LogP contribution in [0.2, 0.25) is 0 Å². The third-order valence-electron chi connectivity index (χ3n) is 3.66. The van der Waals surface area contributed by atoms with E-state index in [0.29, 0.717) is 13.0 Å². The van der Waals surface area contributed by atoms with E-state index in [9.17, 15) is 14.3 Å². The number of benzene rings is 1. The number of aryl methyl sites for hydroxylation is 1. The standard InChI is InChI=1S/C17H16FN3O2/c18-14-6-4-13(5-7-14)15-8-3-12(10-19-15)2-1-9-21-16(22)11-20-17(21)23/h3-8,10-11,22H,1-2,9H2,(H,20,23). The van der Waals surface area contributed by atoms with Gasteiger partial charge in [-0.25, -0.2) is 9.18 Å². The highest BCUT2D eigenvalue weighted by molar-refractivity contribution is 5.58. The fourth-order valence-corrected chi connectivity index (χ4v) is 2.41. The first-order valence-corrected chi connectivity index (χ1v) is 7.31. The van der Waals surface area contributed by atoms with E-state index < -0.39 is 0 Å². The lowest BCUT2D eigenvalue weighted by molar-refractivity contribution is 0.409. The molecule has 3 rings (SSSR count). The van der Waals surface area contributed by atoms with E-state index in [2.05, 4.69) is 9.97 Å². The summed E-state index contributed by atoms with van der Waals surface area (Å²) in [7, 11) is 0. The number of pyridine rings is 1. The molecule has 0 atom stereocenters. The lowest BCUT2D eigenvalue weighted by Crippen LogP contribution is -2.16. The molecule has 0 amide bonds. The highest BCUT2D eigenvalue weighted by atomic mass is 19.1. The van der Waals surface area contributed by atoms with Crippen molar-refractivity contribution in [3.8, 4) is 17.1 Å². The predicted octanol–water partition coefficient (Wildman–Crippen LogP) is 2.72. The molecule has 2 N–H and O–H groups in total. The average Bonchev–Trinajstić information content (AvgIpc) is 2.88. The van der Waals surface area contributed by atoms with Crippen molar-refractivity contribution < 1.29 is 9.50 Å². The van der Waals surface area contributed by atoms with Crippen LogP contribution in [-0.4, -0.2) is 19.6 Å². The zero-order valence-corrected chi connectivity index (χ0v) is 12.4. The maximum Gasteiger partial charge on any atom is 0.328 e. The van der Waals surface area contributed by atoms with E-state index in [1.165, 1.54) is 22.9 Å². The van der Waals surface area contributed by atoms with Crippen molar-refractivity contribution in [2.75, 3.05) is 0 Å². The molecule has 0 radical (unpaired) electrons. The van der Waals surface area contributed by atoms with Crippen LogP contribution in [0.25, 0.3) is 11.3 Å².